The fourth-order valence-electron chi connectivity index (χ4n) is 3.42. The smallest absolute Gasteiger partial charge is 0.234 e. The van der Waals surface area contributed by atoms with E-state index in [1.54, 1.807) is 0 Å². The van der Waals surface area contributed by atoms with Crippen molar-refractivity contribution in [1.82, 2.24) is 34.0 Å². The van der Waals surface area contributed by atoms with Gasteiger partial charge in [-0.05, 0) is 19.9 Å². The van der Waals surface area contributed by atoms with Crippen molar-refractivity contribution >= 4 is 5.78 Å². The zero-order valence-electron chi connectivity index (χ0n) is 14.7. The maximum atomic E-state index is 4.69. The molecule has 0 unspecified atom stereocenters. The number of fused-ring (bicyclic) bond motifs is 2. The molecule has 0 N–H and O–H groups in total. The first-order valence-corrected chi connectivity index (χ1v) is 8.48. The first-order chi connectivity index (χ1) is 11.5. The molecule has 126 valence electrons. The van der Waals surface area contributed by atoms with Gasteiger partial charge >= 0.3 is 0 Å². The van der Waals surface area contributed by atoms with E-state index in [9.17, 15) is 0 Å². The van der Waals surface area contributed by atoms with Crippen molar-refractivity contribution in [3.63, 3.8) is 0 Å². The van der Waals surface area contributed by atoms with Crippen LogP contribution in [0.15, 0.2) is 12.3 Å². The largest absolute Gasteiger partial charge is 0.312 e. The molecule has 1 aliphatic rings. The third-order valence-corrected chi connectivity index (χ3v) is 4.57. The van der Waals surface area contributed by atoms with E-state index in [0.29, 0.717) is 5.92 Å². The van der Waals surface area contributed by atoms with Crippen LogP contribution in [0.5, 0.6) is 0 Å². The molecule has 0 fully saturated rings. The molecule has 7 heteroatoms. The third-order valence-electron chi connectivity index (χ3n) is 4.57. The summed E-state index contributed by atoms with van der Waals surface area (Å²) in [7, 11) is 0. The number of aryl methyl sites for hydroxylation is 2. The van der Waals surface area contributed by atoms with Gasteiger partial charge in [-0.15, -0.1) is 10.2 Å². The third kappa shape index (κ3) is 2.58. The van der Waals surface area contributed by atoms with E-state index in [1.165, 1.54) is 0 Å². The quantitative estimate of drug-likeness (QED) is 0.738. The molecule has 0 radical (unpaired) electrons. The summed E-state index contributed by atoms with van der Waals surface area (Å²) in [5.74, 6) is 3.34. The van der Waals surface area contributed by atoms with Crippen molar-refractivity contribution in [3.8, 4) is 0 Å². The fourth-order valence-corrected chi connectivity index (χ4v) is 3.42. The van der Waals surface area contributed by atoms with Crippen molar-refractivity contribution in [1.29, 1.82) is 0 Å². The molecule has 0 saturated heterocycles. The molecule has 24 heavy (non-hydrogen) atoms. The van der Waals surface area contributed by atoms with Crippen LogP contribution in [-0.4, -0.2) is 40.6 Å². The van der Waals surface area contributed by atoms with Crippen molar-refractivity contribution in [2.24, 2.45) is 0 Å². The molecule has 0 amide bonds. The summed E-state index contributed by atoms with van der Waals surface area (Å²) in [5.41, 5.74) is 3.22. The van der Waals surface area contributed by atoms with E-state index in [2.05, 4.69) is 67.1 Å². The predicted octanol–water partition coefficient (Wildman–Crippen LogP) is 2.08. The molecule has 3 aromatic heterocycles. The molecule has 0 atom stereocenters. The molecule has 1 aliphatic heterocycles. The molecule has 0 spiro atoms. The van der Waals surface area contributed by atoms with Crippen LogP contribution in [0.1, 0.15) is 48.5 Å². The zero-order valence-corrected chi connectivity index (χ0v) is 14.7. The number of aromatic nitrogens is 6. The Bertz CT molecular complexity index is 890. The number of hydrogen-bond donors (Lipinski definition) is 0. The van der Waals surface area contributed by atoms with E-state index >= 15 is 0 Å². The second-order valence-electron chi connectivity index (χ2n) is 6.93. The molecular weight excluding hydrogens is 302 g/mol. The molecule has 0 aliphatic carbocycles. The van der Waals surface area contributed by atoms with E-state index in [4.69, 9.17) is 0 Å². The summed E-state index contributed by atoms with van der Waals surface area (Å²) in [5, 5.41) is 8.72. The first-order valence-electron chi connectivity index (χ1n) is 8.48. The van der Waals surface area contributed by atoms with Gasteiger partial charge in [-0.3, -0.25) is 9.30 Å². The lowest BCUT2D eigenvalue weighted by Crippen LogP contribution is -2.34. The van der Waals surface area contributed by atoms with E-state index in [-0.39, 0.29) is 0 Å². The van der Waals surface area contributed by atoms with Gasteiger partial charge in [0.1, 0.15) is 11.6 Å². The Labute approximate surface area is 141 Å². The first kappa shape index (κ1) is 15.3. The number of nitrogens with zero attached hydrogens (tertiary/aromatic N) is 7. The Hall–Kier alpha value is -2.28. The molecule has 3 aromatic rings. The highest BCUT2D eigenvalue weighted by molar-refractivity contribution is 5.34. The molecular formula is C17H23N7. The molecule has 0 bridgehead atoms. The van der Waals surface area contributed by atoms with Gasteiger partial charge in [-0.25, -0.2) is 9.97 Å². The Kier molecular flexibility index (Phi) is 3.60. The highest BCUT2D eigenvalue weighted by atomic mass is 15.3. The highest BCUT2D eigenvalue weighted by Crippen LogP contribution is 2.19. The molecule has 4 rings (SSSR count). The average Bonchev–Trinajstić information content (AvgIpc) is 3.10. The van der Waals surface area contributed by atoms with Gasteiger partial charge in [0.15, 0.2) is 0 Å². The lowest BCUT2D eigenvalue weighted by atomic mass is 10.2. The van der Waals surface area contributed by atoms with Crippen LogP contribution in [-0.2, 0) is 19.6 Å². The Balaban J connectivity index is 1.55. The Morgan fingerprint density at radius 3 is 2.75 bits per heavy atom. The summed E-state index contributed by atoms with van der Waals surface area (Å²) in [6.07, 6.45) is 2.09. The van der Waals surface area contributed by atoms with Crippen molar-refractivity contribution < 1.29 is 0 Å². The van der Waals surface area contributed by atoms with E-state index < -0.39 is 0 Å². The van der Waals surface area contributed by atoms with Gasteiger partial charge < -0.3 is 4.57 Å². The summed E-state index contributed by atoms with van der Waals surface area (Å²) in [6, 6.07) is 2.08. The second-order valence-corrected chi connectivity index (χ2v) is 6.93. The SMILES string of the molecule is Cc1cc(C)n2cc(CN3CCn4c(nnc4C(C)C)C3)nc2n1. The summed E-state index contributed by atoms with van der Waals surface area (Å²) >= 11 is 0. The summed E-state index contributed by atoms with van der Waals surface area (Å²) in [4.78, 5) is 11.6. The molecule has 7 nitrogen and oxygen atoms in total. The number of imidazole rings is 1. The zero-order chi connectivity index (χ0) is 16.8. The lowest BCUT2D eigenvalue weighted by Gasteiger charge is -2.27. The van der Waals surface area contributed by atoms with Crippen LogP contribution in [0.3, 0.4) is 0 Å². The van der Waals surface area contributed by atoms with Gasteiger partial charge in [-0.1, -0.05) is 13.8 Å². The normalized spacial score (nSPS) is 15.4. The molecule has 4 heterocycles. The van der Waals surface area contributed by atoms with Gasteiger partial charge in [0, 0.05) is 43.1 Å². The van der Waals surface area contributed by atoms with E-state index in [1.807, 2.05) is 6.92 Å². The predicted molar refractivity (Wildman–Crippen MR) is 90.7 cm³/mol. The Morgan fingerprint density at radius 2 is 1.96 bits per heavy atom. The van der Waals surface area contributed by atoms with Gasteiger partial charge in [-0.2, -0.15) is 0 Å². The fraction of sp³-hybridized carbons (Fsp3) is 0.529. The minimum absolute atomic E-state index is 0.411. The van der Waals surface area contributed by atoms with Crippen LogP contribution in [0.25, 0.3) is 5.78 Å². The van der Waals surface area contributed by atoms with E-state index in [0.717, 1.165) is 60.7 Å². The minimum atomic E-state index is 0.411. The van der Waals surface area contributed by atoms with Crippen molar-refractivity contribution in [2.75, 3.05) is 6.54 Å². The minimum Gasteiger partial charge on any atom is -0.312 e. The highest BCUT2D eigenvalue weighted by Gasteiger charge is 2.23. The monoisotopic (exact) mass is 325 g/mol. The summed E-state index contributed by atoms with van der Waals surface area (Å²) in [6.45, 7) is 12.0. The molecule has 0 aromatic carbocycles. The van der Waals surface area contributed by atoms with Crippen molar-refractivity contribution in [2.45, 2.75) is 53.2 Å². The topological polar surface area (TPSA) is 64.1 Å². The van der Waals surface area contributed by atoms with Crippen LogP contribution in [0.4, 0.5) is 0 Å². The van der Waals surface area contributed by atoms with Gasteiger partial charge in [0.05, 0.1) is 12.2 Å². The van der Waals surface area contributed by atoms with Crippen molar-refractivity contribution in [3.05, 3.63) is 41.0 Å². The summed E-state index contributed by atoms with van der Waals surface area (Å²) < 4.78 is 4.32. The van der Waals surface area contributed by atoms with Gasteiger partial charge in [0.2, 0.25) is 5.78 Å². The average molecular weight is 325 g/mol. The number of hydrogen-bond acceptors (Lipinski definition) is 5. The standard InChI is InChI=1S/C17H23N7/c1-11(2)16-21-20-15-10-22(5-6-23(15)16)8-14-9-24-13(4)7-12(3)18-17(24)19-14/h7,9,11H,5-6,8,10H2,1-4H3. The van der Waals surface area contributed by atoms with Crippen LogP contribution in [0.2, 0.25) is 0 Å². The maximum Gasteiger partial charge on any atom is 0.234 e. The maximum absolute atomic E-state index is 4.69. The van der Waals surface area contributed by atoms with Crippen LogP contribution in [0, 0.1) is 13.8 Å². The Morgan fingerprint density at radius 1 is 1.12 bits per heavy atom. The number of rotatable bonds is 3. The van der Waals surface area contributed by atoms with Gasteiger partial charge in [0.25, 0.3) is 0 Å². The van der Waals surface area contributed by atoms with Crippen LogP contribution >= 0.6 is 0 Å². The molecule has 0 saturated carbocycles. The second kappa shape index (κ2) is 5.66. The lowest BCUT2D eigenvalue weighted by molar-refractivity contribution is 0.204. The van der Waals surface area contributed by atoms with Crippen LogP contribution < -0.4 is 0 Å².